The average Bonchev–Trinajstić information content (AvgIpc) is 2.43. The van der Waals surface area contributed by atoms with E-state index in [4.69, 9.17) is 0 Å². The Hall–Kier alpha value is -2.22. The van der Waals surface area contributed by atoms with Gasteiger partial charge in [-0.25, -0.2) is 4.39 Å². The van der Waals surface area contributed by atoms with Gasteiger partial charge in [0.05, 0.1) is 5.56 Å². The summed E-state index contributed by atoms with van der Waals surface area (Å²) in [5, 5.41) is 1.18. The second kappa shape index (κ2) is 4.47. The molecule has 2 aromatic carbocycles. The van der Waals surface area contributed by atoms with E-state index in [9.17, 15) is 4.39 Å². The number of fused-ring (bicyclic) bond motifs is 1. The van der Waals surface area contributed by atoms with E-state index in [2.05, 4.69) is 22.8 Å². The van der Waals surface area contributed by atoms with Crippen LogP contribution in [0.1, 0.15) is 5.56 Å². The summed E-state index contributed by atoms with van der Waals surface area (Å²) in [6, 6.07) is 17.2. The summed E-state index contributed by atoms with van der Waals surface area (Å²) in [5.74, 6) is -0.200. The maximum Gasteiger partial charge on any atom is 0.213 e. The first kappa shape index (κ1) is 11.8. The maximum atomic E-state index is 13.5. The van der Waals surface area contributed by atoms with Crippen molar-refractivity contribution < 1.29 is 8.96 Å². The molecule has 0 aliphatic carbocycles. The number of aryl methyl sites for hydroxylation is 2. The minimum atomic E-state index is -0.200. The van der Waals surface area contributed by atoms with Gasteiger partial charge in [-0.15, -0.1) is 0 Å². The summed E-state index contributed by atoms with van der Waals surface area (Å²) < 4.78 is 15.6. The maximum absolute atomic E-state index is 13.5. The van der Waals surface area contributed by atoms with Crippen molar-refractivity contribution in [1.82, 2.24) is 0 Å². The molecule has 0 fully saturated rings. The van der Waals surface area contributed by atoms with Crippen LogP contribution in [0.2, 0.25) is 0 Å². The zero-order valence-electron chi connectivity index (χ0n) is 11.0. The molecule has 0 aliphatic heterocycles. The molecule has 1 heterocycles. The largest absolute Gasteiger partial charge is 0.213 e. The molecule has 0 N–H and O–H groups in total. The van der Waals surface area contributed by atoms with Crippen molar-refractivity contribution in [3.63, 3.8) is 0 Å². The summed E-state index contributed by atoms with van der Waals surface area (Å²) in [5.41, 5.74) is 4.18. The van der Waals surface area contributed by atoms with Crippen LogP contribution in [-0.2, 0) is 7.05 Å². The third-order valence-corrected chi connectivity index (χ3v) is 3.56. The SMILES string of the molecule is Cc1ccc(F)cc1-c1ccc2ccccc2[n+]1C. The molecule has 2 heteroatoms. The molecule has 94 valence electrons. The van der Waals surface area contributed by atoms with Crippen molar-refractivity contribution in [3.8, 4) is 11.3 Å². The summed E-state index contributed by atoms with van der Waals surface area (Å²) >= 11 is 0. The van der Waals surface area contributed by atoms with Gasteiger partial charge in [0.1, 0.15) is 12.9 Å². The minimum absolute atomic E-state index is 0.200. The molecule has 1 aromatic heterocycles. The second-order valence-electron chi connectivity index (χ2n) is 4.80. The zero-order chi connectivity index (χ0) is 13.4. The molecule has 0 radical (unpaired) electrons. The number of aromatic nitrogens is 1. The van der Waals surface area contributed by atoms with Crippen LogP contribution in [-0.4, -0.2) is 0 Å². The fourth-order valence-electron chi connectivity index (χ4n) is 2.48. The van der Waals surface area contributed by atoms with Gasteiger partial charge in [-0.1, -0.05) is 18.2 Å². The number of para-hydroxylation sites is 1. The summed E-state index contributed by atoms with van der Waals surface area (Å²) in [6.45, 7) is 2.00. The van der Waals surface area contributed by atoms with Gasteiger partial charge >= 0.3 is 0 Å². The van der Waals surface area contributed by atoms with E-state index in [0.29, 0.717) is 0 Å². The molecule has 0 saturated heterocycles. The highest BCUT2D eigenvalue weighted by molar-refractivity contribution is 5.77. The van der Waals surface area contributed by atoms with Gasteiger partial charge in [-0.05, 0) is 36.8 Å². The van der Waals surface area contributed by atoms with Crippen LogP contribution in [0.3, 0.4) is 0 Å². The molecule has 1 nitrogen and oxygen atoms in total. The number of benzene rings is 2. The van der Waals surface area contributed by atoms with Crippen molar-refractivity contribution >= 4 is 10.9 Å². The fourth-order valence-corrected chi connectivity index (χ4v) is 2.48. The lowest BCUT2D eigenvalue weighted by Crippen LogP contribution is -2.32. The van der Waals surface area contributed by atoms with Gasteiger partial charge in [0.15, 0.2) is 0 Å². The van der Waals surface area contributed by atoms with E-state index in [-0.39, 0.29) is 5.82 Å². The highest BCUT2D eigenvalue weighted by Gasteiger charge is 2.15. The van der Waals surface area contributed by atoms with Gasteiger partial charge in [-0.3, -0.25) is 0 Å². The Labute approximate surface area is 111 Å². The normalized spacial score (nSPS) is 10.9. The first-order valence-electron chi connectivity index (χ1n) is 6.31. The Kier molecular flexibility index (Phi) is 2.79. The van der Waals surface area contributed by atoms with Gasteiger partial charge < -0.3 is 0 Å². The zero-order valence-corrected chi connectivity index (χ0v) is 11.0. The molecule has 0 spiro atoms. The molecule has 0 unspecified atom stereocenters. The molecular weight excluding hydrogens is 237 g/mol. The number of rotatable bonds is 1. The van der Waals surface area contributed by atoms with Crippen molar-refractivity contribution in [1.29, 1.82) is 0 Å². The van der Waals surface area contributed by atoms with Crippen molar-refractivity contribution in [3.05, 3.63) is 66.0 Å². The molecule has 3 rings (SSSR count). The van der Waals surface area contributed by atoms with E-state index in [0.717, 1.165) is 22.3 Å². The molecule has 0 saturated carbocycles. The van der Waals surface area contributed by atoms with Crippen LogP contribution in [0, 0.1) is 12.7 Å². The third-order valence-electron chi connectivity index (χ3n) is 3.56. The van der Waals surface area contributed by atoms with Crippen LogP contribution in [0.25, 0.3) is 22.2 Å². The summed E-state index contributed by atoms with van der Waals surface area (Å²) in [6.07, 6.45) is 0. The van der Waals surface area contributed by atoms with Crippen LogP contribution < -0.4 is 4.57 Å². The van der Waals surface area contributed by atoms with E-state index >= 15 is 0 Å². The van der Waals surface area contributed by atoms with Gasteiger partial charge in [0.2, 0.25) is 11.2 Å². The summed E-state index contributed by atoms with van der Waals surface area (Å²) in [7, 11) is 2.02. The number of nitrogens with zero attached hydrogens (tertiary/aromatic N) is 1. The lowest BCUT2D eigenvalue weighted by atomic mass is 10.0. The molecule has 0 aliphatic rings. The van der Waals surface area contributed by atoms with Crippen molar-refractivity contribution in [2.75, 3.05) is 0 Å². The second-order valence-corrected chi connectivity index (χ2v) is 4.80. The smallest absolute Gasteiger partial charge is 0.207 e. The minimum Gasteiger partial charge on any atom is -0.207 e. The molecular formula is C17H15FN+. The highest BCUT2D eigenvalue weighted by Crippen LogP contribution is 2.23. The molecule has 19 heavy (non-hydrogen) atoms. The monoisotopic (exact) mass is 252 g/mol. The predicted octanol–water partition coefficient (Wildman–Crippen LogP) is 3.78. The topological polar surface area (TPSA) is 3.88 Å². The van der Waals surface area contributed by atoms with Crippen LogP contribution >= 0.6 is 0 Å². The lowest BCUT2D eigenvalue weighted by molar-refractivity contribution is -0.633. The quantitative estimate of drug-likeness (QED) is 0.580. The Morgan fingerprint density at radius 1 is 0.947 bits per heavy atom. The highest BCUT2D eigenvalue weighted by atomic mass is 19.1. The first-order chi connectivity index (χ1) is 9.16. The fraction of sp³-hybridized carbons (Fsp3) is 0.118. The predicted molar refractivity (Wildman–Crippen MR) is 75.3 cm³/mol. The number of halogens is 1. The van der Waals surface area contributed by atoms with Gasteiger partial charge in [-0.2, -0.15) is 4.57 Å². The molecule has 3 aromatic rings. The van der Waals surface area contributed by atoms with Crippen molar-refractivity contribution in [2.45, 2.75) is 6.92 Å². The Morgan fingerprint density at radius 2 is 1.74 bits per heavy atom. The van der Waals surface area contributed by atoms with E-state index in [1.54, 1.807) is 6.07 Å². The van der Waals surface area contributed by atoms with Gasteiger partial charge in [0.25, 0.3) is 0 Å². The lowest BCUT2D eigenvalue weighted by Gasteiger charge is -2.06. The molecule has 0 amide bonds. The molecule has 0 atom stereocenters. The third kappa shape index (κ3) is 1.99. The van der Waals surface area contributed by atoms with E-state index in [1.807, 2.05) is 38.2 Å². The van der Waals surface area contributed by atoms with Gasteiger partial charge in [0, 0.05) is 17.5 Å². The Bertz CT molecular complexity index is 762. The van der Waals surface area contributed by atoms with E-state index in [1.165, 1.54) is 11.5 Å². The average molecular weight is 252 g/mol. The number of pyridine rings is 1. The Morgan fingerprint density at radius 3 is 2.58 bits per heavy atom. The first-order valence-corrected chi connectivity index (χ1v) is 6.31. The molecule has 0 bridgehead atoms. The Balaban J connectivity index is 2.31. The van der Waals surface area contributed by atoms with Crippen LogP contribution in [0.15, 0.2) is 54.6 Å². The van der Waals surface area contributed by atoms with Crippen LogP contribution in [0.5, 0.6) is 0 Å². The standard InChI is InChI=1S/C17H15FN/c1-12-7-9-14(18)11-15(12)17-10-8-13-5-3-4-6-16(13)19(17)2/h3-11H,1-2H3/q+1. The summed E-state index contributed by atoms with van der Waals surface area (Å²) in [4.78, 5) is 0. The van der Waals surface area contributed by atoms with E-state index < -0.39 is 0 Å². The number of hydrogen-bond acceptors (Lipinski definition) is 0. The van der Waals surface area contributed by atoms with Crippen molar-refractivity contribution in [2.24, 2.45) is 7.05 Å². The van der Waals surface area contributed by atoms with Crippen LogP contribution in [0.4, 0.5) is 4.39 Å². The number of hydrogen-bond donors (Lipinski definition) is 0.